The second-order valence-corrected chi connectivity index (χ2v) is 9.59. The average Bonchev–Trinajstić information content (AvgIpc) is 3.49. The summed E-state index contributed by atoms with van der Waals surface area (Å²) in [5.41, 5.74) is 14.7. The van der Waals surface area contributed by atoms with Crippen molar-refractivity contribution < 1.29 is 4.42 Å². The minimum atomic E-state index is 0.734. The molecular formula is C34H22N2O. The van der Waals surface area contributed by atoms with Crippen LogP contribution in [0.25, 0.3) is 71.3 Å². The second-order valence-electron chi connectivity index (χ2n) is 9.59. The molecule has 0 aliphatic heterocycles. The van der Waals surface area contributed by atoms with E-state index in [0.717, 1.165) is 38.9 Å². The predicted octanol–water partition coefficient (Wildman–Crippen LogP) is 9.09. The summed E-state index contributed by atoms with van der Waals surface area (Å²) in [6, 6.07) is 42.7. The van der Waals surface area contributed by atoms with Crippen LogP contribution in [0.15, 0.2) is 126 Å². The van der Waals surface area contributed by atoms with Crippen molar-refractivity contribution >= 4 is 60.2 Å². The van der Waals surface area contributed by atoms with Gasteiger partial charge in [-0.25, -0.2) is 0 Å². The van der Waals surface area contributed by atoms with Gasteiger partial charge < -0.3 is 14.7 Å². The van der Waals surface area contributed by atoms with Crippen LogP contribution >= 0.6 is 0 Å². The van der Waals surface area contributed by atoms with Crippen molar-refractivity contribution in [2.45, 2.75) is 0 Å². The van der Waals surface area contributed by atoms with Crippen molar-refractivity contribution in [3.05, 3.63) is 121 Å². The molecular weight excluding hydrogens is 452 g/mol. The van der Waals surface area contributed by atoms with Crippen LogP contribution in [0, 0.1) is 0 Å². The van der Waals surface area contributed by atoms with Crippen molar-refractivity contribution in [2.75, 3.05) is 5.73 Å². The summed E-state index contributed by atoms with van der Waals surface area (Å²) >= 11 is 0. The number of nitrogens with zero attached hydrogens (tertiary/aromatic N) is 1. The van der Waals surface area contributed by atoms with Crippen LogP contribution in [0.5, 0.6) is 0 Å². The summed E-state index contributed by atoms with van der Waals surface area (Å²) in [5.74, 6) is 0. The summed E-state index contributed by atoms with van der Waals surface area (Å²) in [6.07, 6.45) is 0. The number of hydrogen-bond acceptors (Lipinski definition) is 2. The summed E-state index contributed by atoms with van der Waals surface area (Å²) in [4.78, 5) is 0. The van der Waals surface area contributed by atoms with E-state index in [1.54, 1.807) is 0 Å². The summed E-state index contributed by atoms with van der Waals surface area (Å²) < 4.78 is 8.49. The largest absolute Gasteiger partial charge is 0.456 e. The molecule has 2 N–H and O–H groups in total. The van der Waals surface area contributed by atoms with Crippen LogP contribution in [0.3, 0.4) is 0 Å². The van der Waals surface area contributed by atoms with Crippen LogP contribution in [0.1, 0.15) is 0 Å². The van der Waals surface area contributed by atoms with Gasteiger partial charge in [0.15, 0.2) is 0 Å². The van der Waals surface area contributed by atoms with Gasteiger partial charge >= 0.3 is 0 Å². The third kappa shape index (κ3) is 2.82. The zero-order chi connectivity index (χ0) is 24.5. The Balaban J connectivity index is 1.53. The van der Waals surface area contributed by atoms with Gasteiger partial charge in [0.2, 0.25) is 0 Å². The first-order valence-electron chi connectivity index (χ1n) is 12.5. The molecule has 37 heavy (non-hydrogen) atoms. The number of aromatic nitrogens is 1. The van der Waals surface area contributed by atoms with E-state index in [4.69, 9.17) is 10.2 Å². The van der Waals surface area contributed by atoms with E-state index in [1.165, 1.54) is 38.1 Å². The van der Waals surface area contributed by atoms with Gasteiger partial charge in [-0.2, -0.15) is 0 Å². The monoisotopic (exact) mass is 474 g/mol. The highest BCUT2D eigenvalue weighted by Crippen LogP contribution is 2.42. The predicted molar refractivity (Wildman–Crippen MR) is 155 cm³/mol. The van der Waals surface area contributed by atoms with Gasteiger partial charge in [0.25, 0.3) is 0 Å². The number of nitrogens with two attached hydrogens (primary N) is 1. The van der Waals surface area contributed by atoms with Gasteiger partial charge in [-0.15, -0.1) is 0 Å². The van der Waals surface area contributed by atoms with Gasteiger partial charge in [0.1, 0.15) is 11.2 Å². The summed E-state index contributed by atoms with van der Waals surface area (Å²) in [6.45, 7) is 0. The first kappa shape index (κ1) is 20.2. The van der Waals surface area contributed by atoms with Gasteiger partial charge in [0.05, 0.1) is 16.4 Å². The number of furan rings is 1. The fourth-order valence-corrected chi connectivity index (χ4v) is 5.95. The molecule has 8 rings (SSSR count). The fraction of sp³-hybridized carbons (Fsp3) is 0. The van der Waals surface area contributed by atoms with E-state index in [-0.39, 0.29) is 0 Å². The van der Waals surface area contributed by atoms with Crippen molar-refractivity contribution in [2.24, 2.45) is 0 Å². The molecule has 0 fully saturated rings. The normalized spacial score (nSPS) is 11.9. The SMILES string of the molecule is Nc1cccc2oc3ccc(-c4cc5c(c6ccccc46)c4ccccc4n5-c4ccccc4)cc3c12. The molecule has 0 aliphatic carbocycles. The molecule has 0 radical (unpaired) electrons. The Morgan fingerprint density at radius 1 is 0.514 bits per heavy atom. The van der Waals surface area contributed by atoms with E-state index < -0.39 is 0 Å². The molecule has 0 atom stereocenters. The minimum Gasteiger partial charge on any atom is -0.456 e. The highest BCUT2D eigenvalue weighted by atomic mass is 16.3. The second kappa shape index (κ2) is 7.49. The zero-order valence-electron chi connectivity index (χ0n) is 20.0. The van der Waals surface area contributed by atoms with E-state index in [9.17, 15) is 0 Å². The van der Waals surface area contributed by atoms with Gasteiger partial charge in [-0.3, -0.25) is 0 Å². The quantitative estimate of drug-likeness (QED) is 0.254. The molecule has 0 bridgehead atoms. The summed E-state index contributed by atoms with van der Waals surface area (Å²) in [5, 5.41) is 7.02. The highest BCUT2D eigenvalue weighted by Gasteiger charge is 2.18. The lowest BCUT2D eigenvalue weighted by Gasteiger charge is -2.12. The number of benzene rings is 6. The first-order chi connectivity index (χ1) is 18.3. The number of nitrogen functional groups attached to an aromatic ring is 1. The van der Waals surface area contributed by atoms with Crippen LogP contribution in [-0.4, -0.2) is 4.57 Å². The number of fused-ring (bicyclic) bond motifs is 8. The molecule has 0 aliphatic rings. The van der Waals surface area contributed by atoms with E-state index in [0.29, 0.717) is 0 Å². The maximum absolute atomic E-state index is 6.38. The third-order valence-corrected chi connectivity index (χ3v) is 7.53. The first-order valence-corrected chi connectivity index (χ1v) is 12.5. The van der Waals surface area contributed by atoms with Crippen LogP contribution in [0.2, 0.25) is 0 Å². The molecule has 0 saturated heterocycles. The third-order valence-electron chi connectivity index (χ3n) is 7.53. The number of hydrogen-bond donors (Lipinski definition) is 1. The highest BCUT2D eigenvalue weighted by molar-refractivity contribution is 6.24. The molecule has 0 unspecified atom stereocenters. The lowest BCUT2D eigenvalue weighted by Crippen LogP contribution is -1.94. The molecule has 0 saturated carbocycles. The molecule has 0 amide bonds. The van der Waals surface area contributed by atoms with E-state index in [1.807, 2.05) is 18.2 Å². The number of anilines is 1. The Kier molecular flexibility index (Phi) is 4.09. The molecule has 174 valence electrons. The Morgan fingerprint density at radius 3 is 2.14 bits per heavy atom. The lowest BCUT2D eigenvalue weighted by molar-refractivity contribution is 0.669. The van der Waals surface area contributed by atoms with Gasteiger partial charge in [-0.1, -0.05) is 72.8 Å². The van der Waals surface area contributed by atoms with Crippen molar-refractivity contribution in [1.82, 2.24) is 4.57 Å². The zero-order valence-corrected chi connectivity index (χ0v) is 20.0. The van der Waals surface area contributed by atoms with Crippen LogP contribution in [-0.2, 0) is 0 Å². The topological polar surface area (TPSA) is 44.1 Å². The maximum atomic E-state index is 6.38. The molecule has 3 heteroatoms. The molecule has 6 aromatic carbocycles. The van der Waals surface area contributed by atoms with Gasteiger partial charge in [0, 0.05) is 27.5 Å². The number of rotatable bonds is 2. The Labute approximate surface area is 213 Å². The smallest absolute Gasteiger partial charge is 0.137 e. The molecule has 8 aromatic rings. The fourth-order valence-electron chi connectivity index (χ4n) is 5.95. The van der Waals surface area contributed by atoms with Crippen molar-refractivity contribution in [1.29, 1.82) is 0 Å². The standard InChI is InChI=1S/C34H22N2O/c35-28-14-8-16-32-34(28)27-19-21(17-18-31(27)37-32)26-20-30-33(24-12-5-4-11-23(24)26)25-13-6-7-15-29(25)36(30)22-9-2-1-3-10-22/h1-20H,35H2. The molecule has 2 aromatic heterocycles. The van der Waals surface area contributed by atoms with Crippen LogP contribution in [0.4, 0.5) is 5.69 Å². The molecule has 0 spiro atoms. The maximum Gasteiger partial charge on any atom is 0.137 e. The Hall–Kier alpha value is -5.02. The van der Waals surface area contributed by atoms with Crippen molar-refractivity contribution in [3.63, 3.8) is 0 Å². The van der Waals surface area contributed by atoms with E-state index in [2.05, 4.69) is 108 Å². The average molecular weight is 475 g/mol. The Bertz CT molecular complexity index is 2150. The van der Waals surface area contributed by atoms with Crippen molar-refractivity contribution in [3.8, 4) is 16.8 Å². The van der Waals surface area contributed by atoms with Crippen LogP contribution < -0.4 is 5.73 Å². The van der Waals surface area contributed by atoms with Gasteiger partial charge in [-0.05, 0) is 70.4 Å². The Morgan fingerprint density at radius 2 is 1.27 bits per heavy atom. The lowest BCUT2D eigenvalue weighted by atomic mass is 9.94. The molecule has 2 heterocycles. The molecule has 3 nitrogen and oxygen atoms in total. The minimum absolute atomic E-state index is 0.734. The van der Waals surface area contributed by atoms with E-state index >= 15 is 0 Å². The summed E-state index contributed by atoms with van der Waals surface area (Å²) in [7, 11) is 0. The number of para-hydroxylation sites is 2.